The highest BCUT2D eigenvalue weighted by Gasteiger charge is 2.73. The molecule has 10 heteroatoms. The monoisotopic (exact) mass is 317 g/mol. The van der Waals surface area contributed by atoms with Crippen LogP contribution in [0.25, 0.3) is 0 Å². The van der Waals surface area contributed by atoms with E-state index in [2.05, 4.69) is 12.2 Å². The normalized spacial score (nSPS) is 13.6. The van der Waals surface area contributed by atoms with Crippen molar-refractivity contribution in [1.82, 2.24) is 4.90 Å². The van der Waals surface area contributed by atoms with Gasteiger partial charge in [0.2, 0.25) is 0 Å². The largest absolute Gasteiger partial charge is 0.460 e. The molecule has 0 amide bonds. The van der Waals surface area contributed by atoms with Crippen LogP contribution in [0.15, 0.2) is 0 Å². The molecule has 0 aromatic rings. The minimum atomic E-state index is -6.33. The fourth-order valence-corrected chi connectivity index (χ4v) is 2.31. The third-order valence-electron chi connectivity index (χ3n) is 1.96. The molecule has 0 saturated heterocycles. The van der Waals surface area contributed by atoms with Gasteiger partial charge in [-0.3, -0.25) is 0 Å². The smallest absolute Gasteiger partial charge is 0.358 e. The van der Waals surface area contributed by atoms with Crippen LogP contribution in [0.3, 0.4) is 0 Å². The van der Waals surface area contributed by atoms with Gasteiger partial charge < -0.3 is 4.90 Å². The van der Waals surface area contributed by atoms with Gasteiger partial charge in [0.05, 0.1) is 0 Å². The molecular weight excluding hydrogens is 307 g/mol. The van der Waals surface area contributed by atoms with Crippen LogP contribution >= 0.6 is 24.0 Å². The predicted octanol–water partition coefficient (Wildman–Crippen LogP) is 4.14. The summed E-state index contributed by atoms with van der Waals surface area (Å²) in [6, 6.07) is 0. The minimum Gasteiger partial charge on any atom is -0.358 e. The Hall–Kier alpha value is -0.250. The average Bonchev–Trinajstić information content (AvgIpc) is 2.16. The lowest BCUT2D eigenvalue weighted by Gasteiger charge is -2.30. The van der Waals surface area contributed by atoms with Crippen LogP contribution in [0, 0.1) is 0 Å². The molecule has 0 radical (unpaired) electrons. The second kappa shape index (κ2) is 5.81. The third kappa shape index (κ3) is 3.62. The maximum atomic E-state index is 13.0. The summed E-state index contributed by atoms with van der Waals surface area (Å²) < 4.78 is 85.9. The molecule has 0 heterocycles. The van der Waals surface area contributed by atoms with Gasteiger partial charge in [0.25, 0.3) is 0 Å². The van der Waals surface area contributed by atoms with E-state index in [1.807, 2.05) is 0 Å². The van der Waals surface area contributed by atoms with Crippen molar-refractivity contribution in [2.24, 2.45) is 0 Å². The highest BCUT2D eigenvalue weighted by atomic mass is 32.2. The fraction of sp³-hybridized carbons (Fsp3) is 0.875. The number of halogens is 7. The fourth-order valence-electron chi connectivity index (χ4n) is 0.885. The summed E-state index contributed by atoms with van der Waals surface area (Å²) >= 11 is 3.47. The van der Waals surface area contributed by atoms with E-state index in [4.69, 9.17) is 0 Å². The first-order valence-corrected chi connectivity index (χ1v) is 5.93. The van der Waals surface area contributed by atoms with Crippen molar-refractivity contribution in [3.05, 3.63) is 0 Å². The zero-order valence-corrected chi connectivity index (χ0v) is 11.0. The lowest BCUT2D eigenvalue weighted by molar-refractivity contribution is -0.330. The van der Waals surface area contributed by atoms with Crippen molar-refractivity contribution >= 4 is 28.3 Å². The van der Waals surface area contributed by atoms with Crippen molar-refractivity contribution < 1.29 is 30.7 Å². The molecule has 0 bridgehead atoms. The molecule has 0 atom stereocenters. The number of nitrogens with zero attached hydrogens (tertiary/aromatic N) is 1. The second-order valence-electron chi connectivity index (χ2n) is 3.13. The van der Waals surface area contributed by atoms with E-state index < -0.39 is 33.4 Å². The summed E-state index contributed by atoms with van der Waals surface area (Å²) in [6.45, 7) is 3.29. The van der Waals surface area contributed by atoms with Crippen LogP contribution in [-0.4, -0.2) is 39.7 Å². The summed E-state index contributed by atoms with van der Waals surface area (Å²) in [5.74, 6) is -6.14. The molecule has 108 valence electrons. The molecule has 0 spiro atoms. The first kappa shape index (κ1) is 17.8. The number of thioether (sulfide) groups is 1. The van der Waals surface area contributed by atoms with Crippen LogP contribution in [0.1, 0.15) is 13.8 Å². The first-order valence-electron chi connectivity index (χ1n) is 4.71. The summed E-state index contributed by atoms with van der Waals surface area (Å²) in [5, 5.41) is -5.34. The highest BCUT2D eigenvalue weighted by Crippen LogP contribution is 2.52. The van der Waals surface area contributed by atoms with Crippen LogP contribution in [0.2, 0.25) is 0 Å². The Morgan fingerprint density at radius 2 is 1.39 bits per heavy atom. The maximum Gasteiger partial charge on any atom is 0.460 e. The van der Waals surface area contributed by atoms with Gasteiger partial charge in [-0.05, 0) is 25.6 Å². The Labute approximate surface area is 109 Å². The molecule has 0 aromatic carbocycles. The van der Waals surface area contributed by atoms with E-state index in [9.17, 15) is 30.7 Å². The van der Waals surface area contributed by atoms with Gasteiger partial charge in [-0.2, -0.15) is 30.7 Å². The van der Waals surface area contributed by atoms with E-state index in [1.165, 1.54) is 13.8 Å². The van der Waals surface area contributed by atoms with Crippen molar-refractivity contribution in [2.45, 2.75) is 31.2 Å². The molecule has 0 N–H and O–H groups in total. The maximum absolute atomic E-state index is 13.0. The van der Waals surface area contributed by atoms with Gasteiger partial charge in [0.1, 0.15) is 4.32 Å². The highest BCUT2D eigenvalue weighted by molar-refractivity contribution is 8.23. The summed E-state index contributed by atoms with van der Waals surface area (Å²) in [4.78, 5) is 1.08. The topological polar surface area (TPSA) is 3.24 Å². The first-order chi connectivity index (χ1) is 7.90. The lowest BCUT2D eigenvalue weighted by Crippen LogP contribution is -2.51. The molecule has 0 rings (SSSR count). The average molecular weight is 317 g/mol. The standard InChI is InChI=1S/C8H10F7NS2/c1-3-16(4-2)5(17)18-8(14,15)6(9,10)7(11,12)13/h3-4H2,1-2H3. The summed E-state index contributed by atoms with van der Waals surface area (Å²) in [5.41, 5.74) is 0. The number of rotatable bonds is 4. The van der Waals surface area contributed by atoms with Gasteiger partial charge in [0, 0.05) is 13.1 Å². The number of thiocarbonyl (C=S) groups is 1. The molecule has 0 fully saturated rings. The van der Waals surface area contributed by atoms with Crippen molar-refractivity contribution in [1.29, 1.82) is 0 Å². The van der Waals surface area contributed by atoms with Crippen LogP contribution in [-0.2, 0) is 0 Å². The molecule has 18 heavy (non-hydrogen) atoms. The van der Waals surface area contributed by atoms with E-state index >= 15 is 0 Å². The Bertz CT molecular complexity index is 298. The van der Waals surface area contributed by atoms with E-state index in [-0.39, 0.29) is 13.1 Å². The SMILES string of the molecule is CCN(CC)C(=S)SC(F)(F)C(F)(F)C(F)(F)F. The lowest BCUT2D eigenvalue weighted by atomic mass is 10.3. The zero-order valence-electron chi connectivity index (χ0n) is 9.32. The molecular formula is C8H10F7NS2. The molecule has 0 saturated carbocycles. The molecule has 0 aliphatic carbocycles. The van der Waals surface area contributed by atoms with E-state index in [1.54, 1.807) is 0 Å². The summed E-state index contributed by atoms with van der Waals surface area (Å²) in [7, 11) is 0. The van der Waals surface area contributed by atoms with E-state index in [0.29, 0.717) is 0 Å². The van der Waals surface area contributed by atoms with Gasteiger partial charge >= 0.3 is 17.4 Å². The molecule has 0 aliphatic heterocycles. The quantitative estimate of drug-likeness (QED) is 0.567. The van der Waals surface area contributed by atoms with Crippen LogP contribution < -0.4 is 0 Å². The summed E-state index contributed by atoms with van der Waals surface area (Å²) in [6.07, 6.45) is -6.33. The number of alkyl halides is 7. The van der Waals surface area contributed by atoms with Crippen LogP contribution in [0.5, 0.6) is 0 Å². The Balaban J connectivity index is 5.02. The molecule has 1 nitrogen and oxygen atoms in total. The Kier molecular flexibility index (Phi) is 5.73. The number of hydrogen-bond donors (Lipinski definition) is 0. The van der Waals surface area contributed by atoms with Gasteiger partial charge in [-0.1, -0.05) is 12.2 Å². The predicted molar refractivity (Wildman–Crippen MR) is 59.1 cm³/mol. The molecule has 0 aliphatic rings. The van der Waals surface area contributed by atoms with Crippen molar-refractivity contribution in [3.8, 4) is 0 Å². The molecule has 0 aromatic heterocycles. The van der Waals surface area contributed by atoms with E-state index in [0.717, 1.165) is 4.90 Å². The minimum absolute atomic E-state index is 0.135. The Morgan fingerprint density at radius 1 is 1.00 bits per heavy atom. The Morgan fingerprint density at radius 3 is 1.67 bits per heavy atom. The van der Waals surface area contributed by atoms with Gasteiger partial charge in [0.15, 0.2) is 0 Å². The number of hydrogen-bond acceptors (Lipinski definition) is 2. The van der Waals surface area contributed by atoms with Crippen LogP contribution in [0.4, 0.5) is 30.7 Å². The van der Waals surface area contributed by atoms with Crippen molar-refractivity contribution in [3.63, 3.8) is 0 Å². The zero-order chi connectivity index (χ0) is 14.8. The third-order valence-corrected chi connectivity index (χ3v) is 3.41. The molecule has 0 unspecified atom stereocenters. The van der Waals surface area contributed by atoms with Crippen molar-refractivity contribution in [2.75, 3.05) is 13.1 Å². The van der Waals surface area contributed by atoms with Gasteiger partial charge in [-0.25, -0.2) is 0 Å². The second-order valence-corrected chi connectivity index (χ2v) is 4.88. The van der Waals surface area contributed by atoms with Gasteiger partial charge in [-0.15, -0.1) is 0 Å².